The molecule has 3 rings (SSSR count). The van der Waals surface area contributed by atoms with Crippen LogP contribution in [0.5, 0.6) is 17.4 Å². The maximum Gasteiger partial charge on any atom is 0.323 e. The van der Waals surface area contributed by atoms with Gasteiger partial charge in [0.1, 0.15) is 17.2 Å². The first kappa shape index (κ1) is 27.0. The zero-order valence-corrected chi connectivity index (χ0v) is 22.4. The van der Waals surface area contributed by atoms with E-state index in [1.54, 1.807) is 18.3 Å². The number of urea groups is 1. The molecule has 1 aromatic heterocycles. The summed E-state index contributed by atoms with van der Waals surface area (Å²) in [5.41, 5.74) is 2.03. The molecule has 0 aliphatic heterocycles. The topological polar surface area (TPSA) is 75.7 Å². The highest BCUT2D eigenvalue weighted by Crippen LogP contribution is 2.35. The van der Waals surface area contributed by atoms with Crippen molar-refractivity contribution < 1.29 is 14.3 Å². The van der Waals surface area contributed by atoms with E-state index in [-0.39, 0.29) is 10.8 Å². The summed E-state index contributed by atoms with van der Waals surface area (Å²) in [4.78, 5) is 19.3. The fourth-order valence-electron chi connectivity index (χ4n) is 3.98. The second-order valence-electron chi connectivity index (χ2n) is 11.0. The van der Waals surface area contributed by atoms with Gasteiger partial charge in [0.25, 0.3) is 0 Å². The van der Waals surface area contributed by atoms with E-state index < -0.39 is 6.03 Å². The number of pyridine rings is 1. The number of benzene rings is 2. The average molecular weight is 491 g/mol. The van der Waals surface area contributed by atoms with Crippen LogP contribution in [0.3, 0.4) is 0 Å². The second kappa shape index (κ2) is 11.4. The summed E-state index contributed by atoms with van der Waals surface area (Å²) in [5, 5.41) is 5.72. The van der Waals surface area contributed by atoms with Crippen molar-refractivity contribution in [3.8, 4) is 17.4 Å². The molecule has 1 heterocycles. The lowest BCUT2D eigenvalue weighted by molar-refractivity contribution is 0.141. The Morgan fingerprint density at radius 1 is 0.944 bits per heavy atom. The summed E-state index contributed by atoms with van der Waals surface area (Å²) < 4.78 is 12.2. The first-order valence-electron chi connectivity index (χ1n) is 12.1. The van der Waals surface area contributed by atoms with Crippen LogP contribution < -0.4 is 20.1 Å². The minimum Gasteiger partial charge on any atom is -0.493 e. The van der Waals surface area contributed by atoms with Gasteiger partial charge in [-0.1, -0.05) is 58.9 Å². The number of aromatic nitrogens is 1. The predicted octanol–water partition coefficient (Wildman–Crippen LogP) is 6.78. The smallest absolute Gasteiger partial charge is 0.323 e. The van der Waals surface area contributed by atoms with Crippen LogP contribution in [0.1, 0.15) is 40.2 Å². The van der Waals surface area contributed by atoms with E-state index in [1.165, 1.54) is 0 Å². The number of carbonyl (C=O) groups is 1. The van der Waals surface area contributed by atoms with Gasteiger partial charge in [-0.05, 0) is 49.8 Å². The molecular weight excluding hydrogens is 452 g/mol. The zero-order chi connectivity index (χ0) is 26.3. The molecule has 7 nitrogen and oxygen atoms in total. The molecule has 192 valence electrons. The first-order valence-corrected chi connectivity index (χ1v) is 12.1. The van der Waals surface area contributed by atoms with Gasteiger partial charge in [-0.25, -0.2) is 9.78 Å². The summed E-state index contributed by atoms with van der Waals surface area (Å²) in [6.45, 7) is 12.2. The van der Waals surface area contributed by atoms with Crippen molar-refractivity contribution in [1.82, 2.24) is 9.88 Å². The van der Waals surface area contributed by atoms with E-state index in [0.29, 0.717) is 35.4 Å². The predicted molar refractivity (Wildman–Crippen MR) is 146 cm³/mol. The highest BCUT2D eigenvalue weighted by Gasteiger charge is 2.21. The van der Waals surface area contributed by atoms with Crippen molar-refractivity contribution in [2.24, 2.45) is 5.41 Å². The quantitative estimate of drug-likeness (QED) is 0.346. The Balaban J connectivity index is 1.67. The van der Waals surface area contributed by atoms with Crippen LogP contribution in [0.15, 0.2) is 66.9 Å². The van der Waals surface area contributed by atoms with Gasteiger partial charge in [0.05, 0.1) is 6.61 Å². The summed E-state index contributed by atoms with van der Waals surface area (Å²) in [6, 6.07) is 18.3. The lowest BCUT2D eigenvalue weighted by atomic mass is 9.86. The van der Waals surface area contributed by atoms with Crippen molar-refractivity contribution in [2.45, 2.75) is 40.0 Å². The summed E-state index contributed by atoms with van der Waals surface area (Å²) >= 11 is 0. The second-order valence-corrected chi connectivity index (χ2v) is 11.0. The lowest BCUT2D eigenvalue weighted by Crippen LogP contribution is -2.33. The van der Waals surface area contributed by atoms with Crippen LogP contribution in [0.4, 0.5) is 16.2 Å². The Bertz CT molecular complexity index is 1170. The molecular formula is C29H38N4O3. The SMILES string of the molecule is CN(C)CC(C)(C)COc1cccc(NC(=O)Nc2cccnc2Oc2ccccc2C(C)(C)C)c1. The van der Waals surface area contributed by atoms with Gasteiger partial charge in [0, 0.05) is 35.5 Å². The summed E-state index contributed by atoms with van der Waals surface area (Å²) in [5.74, 6) is 1.72. The Labute approximate surface area is 214 Å². The van der Waals surface area contributed by atoms with Gasteiger partial charge in [-0.3, -0.25) is 0 Å². The molecule has 0 fully saturated rings. The first-order chi connectivity index (χ1) is 16.9. The van der Waals surface area contributed by atoms with Crippen LogP contribution in [0, 0.1) is 5.41 Å². The standard InChI is InChI=1S/C29H38N4O3/c1-28(2,3)23-14-8-9-16-25(23)36-26-24(15-11-17-30-26)32-27(34)31-21-12-10-13-22(18-21)35-20-29(4,5)19-33(6)7/h8-18H,19-20H2,1-7H3,(H2,31,32,34). The van der Waals surface area contributed by atoms with E-state index in [4.69, 9.17) is 9.47 Å². The molecule has 0 aliphatic carbocycles. The Morgan fingerprint density at radius 3 is 2.42 bits per heavy atom. The van der Waals surface area contributed by atoms with Crippen LogP contribution >= 0.6 is 0 Å². The average Bonchev–Trinajstić information content (AvgIpc) is 2.78. The molecule has 0 unspecified atom stereocenters. The highest BCUT2D eigenvalue weighted by molar-refractivity contribution is 6.00. The van der Waals surface area contributed by atoms with Crippen LogP contribution in [-0.4, -0.2) is 43.2 Å². The molecule has 0 aliphatic rings. The third kappa shape index (κ3) is 7.99. The van der Waals surface area contributed by atoms with Gasteiger partial charge < -0.3 is 25.0 Å². The molecule has 0 radical (unpaired) electrons. The minimum atomic E-state index is -0.401. The van der Waals surface area contributed by atoms with E-state index >= 15 is 0 Å². The fraction of sp³-hybridized carbons (Fsp3) is 0.379. The molecule has 2 N–H and O–H groups in total. The number of anilines is 2. The van der Waals surface area contributed by atoms with Crippen molar-refractivity contribution in [3.63, 3.8) is 0 Å². The van der Waals surface area contributed by atoms with Crippen molar-refractivity contribution in [1.29, 1.82) is 0 Å². The van der Waals surface area contributed by atoms with E-state index in [0.717, 1.165) is 12.1 Å². The van der Waals surface area contributed by atoms with Crippen molar-refractivity contribution >= 4 is 17.4 Å². The third-order valence-corrected chi connectivity index (χ3v) is 5.39. The molecule has 3 aromatic rings. The van der Waals surface area contributed by atoms with Crippen LogP contribution in [-0.2, 0) is 5.41 Å². The van der Waals surface area contributed by atoms with Gasteiger partial charge in [0.15, 0.2) is 0 Å². The minimum absolute atomic E-state index is 0.00731. The highest BCUT2D eigenvalue weighted by atomic mass is 16.5. The normalized spacial score (nSPS) is 11.8. The molecule has 2 aromatic carbocycles. The lowest BCUT2D eigenvalue weighted by Gasteiger charge is -2.28. The van der Waals surface area contributed by atoms with Crippen LogP contribution in [0.25, 0.3) is 0 Å². The van der Waals surface area contributed by atoms with Gasteiger partial charge >= 0.3 is 6.03 Å². The molecule has 0 spiro atoms. The summed E-state index contributed by atoms with van der Waals surface area (Å²) in [7, 11) is 4.10. The third-order valence-electron chi connectivity index (χ3n) is 5.39. The number of ether oxygens (including phenoxy) is 2. The Morgan fingerprint density at radius 2 is 1.69 bits per heavy atom. The molecule has 0 atom stereocenters. The van der Waals surface area contributed by atoms with Gasteiger partial charge in [-0.2, -0.15) is 0 Å². The van der Waals surface area contributed by atoms with Crippen molar-refractivity contribution in [3.05, 3.63) is 72.4 Å². The van der Waals surface area contributed by atoms with Crippen molar-refractivity contribution in [2.75, 3.05) is 37.9 Å². The number of hydrogen-bond acceptors (Lipinski definition) is 5. The maximum absolute atomic E-state index is 12.8. The number of amides is 2. The number of nitrogens with zero attached hydrogens (tertiary/aromatic N) is 2. The molecule has 0 saturated heterocycles. The molecule has 36 heavy (non-hydrogen) atoms. The van der Waals surface area contributed by atoms with E-state index in [1.807, 2.05) is 62.6 Å². The molecule has 7 heteroatoms. The largest absolute Gasteiger partial charge is 0.493 e. The maximum atomic E-state index is 12.8. The number of carbonyl (C=O) groups excluding carboxylic acids is 1. The number of para-hydroxylation sites is 1. The number of hydrogen-bond donors (Lipinski definition) is 2. The Kier molecular flexibility index (Phi) is 8.58. The number of nitrogens with one attached hydrogen (secondary N) is 2. The zero-order valence-electron chi connectivity index (χ0n) is 22.4. The summed E-state index contributed by atoms with van der Waals surface area (Å²) in [6.07, 6.45) is 1.64. The fourth-order valence-corrected chi connectivity index (χ4v) is 3.98. The molecule has 0 saturated carbocycles. The number of rotatable bonds is 9. The van der Waals surface area contributed by atoms with Crippen LogP contribution in [0.2, 0.25) is 0 Å². The Hall–Kier alpha value is -3.58. The van der Waals surface area contributed by atoms with E-state index in [2.05, 4.69) is 55.1 Å². The monoisotopic (exact) mass is 490 g/mol. The molecule has 2 amide bonds. The van der Waals surface area contributed by atoms with E-state index in [9.17, 15) is 4.79 Å². The molecule has 0 bridgehead atoms. The van der Waals surface area contributed by atoms with Gasteiger partial charge in [0.2, 0.25) is 5.88 Å². The van der Waals surface area contributed by atoms with Gasteiger partial charge in [-0.15, -0.1) is 0 Å².